The molecular formula is C14H22N6O2S2. The van der Waals surface area contributed by atoms with Crippen LogP contribution in [0.15, 0.2) is 8.76 Å². The third kappa shape index (κ3) is 6.44. The van der Waals surface area contributed by atoms with Gasteiger partial charge in [-0.2, -0.15) is 0 Å². The van der Waals surface area contributed by atoms with Gasteiger partial charge in [0.05, 0.1) is 5.75 Å². The molecule has 0 aliphatic carbocycles. The Hall–Kier alpha value is -1.68. The van der Waals surface area contributed by atoms with Crippen LogP contribution in [-0.4, -0.2) is 38.6 Å². The normalized spacial score (nSPS) is 11.2. The van der Waals surface area contributed by atoms with Crippen LogP contribution in [0.4, 0.5) is 11.1 Å². The fraction of sp³-hybridized carbons (Fsp3) is 0.643. The number of hydrogen-bond acceptors (Lipinski definition) is 9. The van der Waals surface area contributed by atoms with Crippen molar-refractivity contribution in [1.29, 1.82) is 0 Å². The number of nitrogens with zero attached hydrogens (tertiary/aromatic N) is 4. The van der Waals surface area contributed by atoms with Crippen LogP contribution in [0.2, 0.25) is 0 Å². The van der Waals surface area contributed by atoms with Crippen molar-refractivity contribution in [1.82, 2.24) is 20.4 Å². The number of carbonyl (C=O) groups excluding carboxylic acids is 1. The fourth-order valence-electron chi connectivity index (χ4n) is 1.65. The van der Waals surface area contributed by atoms with Gasteiger partial charge in [-0.15, -0.1) is 15.3 Å². The van der Waals surface area contributed by atoms with Crippen LogP contribution in [0, 0.1) is 11.8 Å². The third-order valence-electron chi connectivity index (χ3n) is 2.69. The van der Waals surface area contributed by atoms with E-state index in [0.29, 0.717) is 24.1 Å². The van der Waals surface area contributed by atoms with Crippen LogP contribution in [0.25, 0.3) is 0 Å². The summed E-state index contributed by atoms with van der Waals surface area (Å²) in [5, 5.41) is 22.4. The highest BCUT2D eigenvalue weighted by Crippen LogP contribution is 2.25. The lowest BCUT2D eigenvalue weighted by Gasteiger charge is -2.03. The molecule has 0 unspecified atom stereocenters. The van der Waals surface area contributed by atoms with Crippen molar-refractivity contribution in [2.75, 3.05) is 22.9 Å². The number of thioether (sulfide) groups is 1. The Morgan fingerprint density at radius 3 is 2.67 bits per heavy atom. The average Bonchev–Trinajstić information content (AvgIpc) is 3.12. The summed E-state index contributed by atoms with van der Waals surface area (Å²) in [4.78, 5) is 11.9. The first-order chi connectivity index (χ1) is 11.4. The quantitative estimate of drug-likeness (QED) is 0.649. The monoisotopic (exact) mass is 370 g/mol. The number of carbonyl (C=O) groups is 1. The van der Waals surface area contributed by atoms with Gasteiger partial charge < -0.3 is 9.73 Å². The lowest BCUT2D eigenvalue weighted by atomic mass is 10.1. The van der Waals surface area contributed by atoms with Gasteiger partial charge in [-0.25, -0.2) is 0 Å². The SMILES string of the molecule is CC(C)CNc1nnc(SCC(=O)Nc2nnc(CC(C)C)o2)s1. The number of hydrogen-bond donors (Lipinski definition) is 2. The first-order valence-corrected chi connectivity index (χ1v) is 9.55. The molecule has 132 valence electrons. The summed E-state index contributed by atoms with van der Waals surface area (Å²) in [5.74, 6) is 1.47. The Morgan fingerprint density at radius 1 is 1.17 bits per heavy atom. The number of amides is 1. The smallest absolute Gasteiger partial charge is 0.322 e. The number of nitrogens with one attached hydrogen (secondary N) is 2. The largest absolute Gasteiger partial charge is 0.408 e. The van der Waals surface area contributed by atoms with Crippen molar-refractivity contribution < 1.29 is 9.21 Å². The molecule has 8 nitrogen and oxygen atoms in total. The van der Waals surface area contributed by atoms with Gasteiger partial charge in [0.1, 0.15) is 0 Å². The Bertz CT molecular complexity index is 655. The van der Waals surface area contributed by atoms with E-state index in [9.17, 15) is 4.79 Å². The molecule has 1 amide bonds. The number of aromatic nitrogens is 4. The minimum Gasteiger partial charge on any atom is -0.408 e. The maximum atomic E-state index is 11.9. The van der Waals surface area contributed by atoms with Gasteiger partial charge in [0.15, 0.2) is 4.34 Å². The molecular weight excluding hydrogens is 348 g/mol. The molecule has 0 aliphatic heterocycles. The molecule has 2 aromatic heterocycles. The van der Waals surface area contributed by atoms with Gasteiger partial charge in [0.2, 0.25) is 16.9 Å². The molecule has 0 fully saturated rings. The van der Waals surface area contributed by atoms with Crippen LogP contribution in [-0.2, 0) is 11.2 Å². The molecule has 0 aromatic carbocycles. The third-order valence-corrected chi connectivity index (χ3v) is 4.71. The lowest BCUT2D eigenvalue weighted by molar-refractivity contribution is -0.113. The van der Waals surface area contributed by atoms with Gasteiger partial charge in [0.25, 0.3) is 0 Å². The van der Waals surface area contributed by atoms with Gasteiger partial charge >= 0.3 is 6.01 Å². The van der Waals surface area contributed by atoms with E-state index in [1.807, 2.05) is 0 Å². The minimum atomic E-state index is -0.216. The molecule has 24 heavy (non-hydrogen) atoms. The molecule has 0 saturated carbocycles. The number of anilines is 2. The van der Waals surface area contributed by atoms with Crippen molar-refractivity contribution in [3.63, 3.8) is 0 Å². The molecule has 2 heterocycles. The molecule has 2 N–H and O–H groups in total. The highest BCUT2D eigenvalue weighted by molar-refractivity contribution is 8.01. The summed E-state index contributed by atoms with van der Waals surface area (Å²) < 4.78 is 6.12. The van der Waals surface area contributed by atoms with Gasteiger partial charge in [0, 0.05) is 13.0 Å². The summed E-state index contributed by atoms with van der Waals surface area (Å²) in [7, 11) is 0. The van der Waals surface area contributed by atoms with Crippen LogP contribution < -0.4 is 10.6 Å². The molecule has 10 heteroatoms. The lowest BCUT2D eigenvalue weighted by Crippen LogP contribution is -2.14. The summed E-state index contributed by atoms with van der Waals surface area (Å²) >= 11 is 2.76. The minimum absolute atomic E-state index is 0.132. The van der Waals surface area contributed by atoms with Crippen molar-refractivity contribution in [2.45, 2.75) is 38.5 Å². The van der Waals surface area contributed by atoms with E-state index in [0.717, 1.165) is 16.0 Å². The Balaban J connectivity index is 1.75. The van der Waals surface area contributed by atoms with E-state index < -0.39 is 0 Å². The molecule has 0 spiro atoms. The van der Waals surface area contributed by atoms with Crippen molar-refractivity contribution in [2.24, 2.45) is 11.8 Å². The maximum absolute atomic E-state index is 11.9. The summed E-state index contributed by atoms with van der Waals surface area (Å²) in [5.41, 5.74) is 0. The molecule has 0 aliphatic rings. The second-order valence-corrected chi connectivity index (χ2v) is 8.28. The first kappa shape index (κ1) is 18.7. The molecule has 2 rings (SSSR count). The summed E-state index contributed by atoms with van der Waals surface area (Å²) in [6, 6.07) is 0.132. The second-order valence-electron chi connectivity index (χ2n) is 6.08. The van der Waals surface area contributed by atoms with Crippen molar-refractivity contribution >= 4 is 40.2 Å². The second kappa shape index (κ2) is 8.97. The highest BCUT2D eigenvalue weighted by Gasteiger charge is 2.13. The topological polar surface area (TPSA) is 106 Å². The Kier molecular flexibility index (Phi) is 6.98. The van der Waals surface area contributed by atoms with Gasteiger partial charge in [-0.05, 0) is 11.8 Å². The summed E-state index contributed by atoms with van der Waals surface area (Å²) in [6.45, 7) is 9.21. The zero-order valence-corrected chi connectivity index (χ0v) is 15.8. The van der Waals surface area contributed by atoms with E-state index in [2.05, 4.69) is 58.7 Å². The van der Waals surface area contributed by atoms with E-state index in [1.54, 1.807) is 0 Å². The molecule has 0 saturated heterocycles. The van der Waals surface area contributed by atoms with Crippen molar-refractivity contribution in [3.8, 4) is 0 Å². The van der Waals surface area contributed by atoms with Crippen LogP contribution in [0.1, 0.15) is 33.6 Å². The van der Waals surface area contributed by atoms with Crippen LogP contribution in [0.3, 0.4) is 0 Å². The van der Waals surface area contributed by atoms with Gasteiger partial charge in [-0.1, -0.05) is 55.9 Å². The Morgan fingerprint density at radius 2 is 1.96 bits per heavy atom. The predicted octanol–water partition coefficient (Wildman–Crippen LogP) is 2.92. The standard InChI is InChI=1S/C14H22N6O2S2/c1-8(2)5-11-17-18-12(22-11)16-10(21)7-23-14-20-19-13(24-14)15-6-9(3)4/h8-9H,5-7H2,1-4H3,(H,15,19)(H,16,18,21). The Labute approximate surface area is 149 Å². The highest BCUT2D eigenvalue weighted by atomic mass is 32.2. The van der Waals surface area contributed by atoms with E-state index in [1.165, 1.54) is 23.1 Å². The molecule has 0 atom stereocenters. The molecule has 2 aromatic rings. The van der Waals surface area contributed by atoms with Crippen molar-refractivity contribution in [3.05, 3.63) is 5.89 Å². The zero-order chi connectivity index (χ0) is 17.5. The average molecular weight is 371 g/mol. The first-order valence-electron chi connectivity index (χ1n) is 7.74. The predicted molar refractivity (Wildman–Crippen MR) is 95.4 cm³/mol. The molecule has 0 bridgehead atoms. The van der Waals surface area contributed by atoms with E-state index in [-0.39, 0.29) is 17.7 Å². The van der Waals surface area contributed by atoms with Crippen LogP contribution >= 0.6 is 23.1 Å². The van der Waals surface area contributed by atoms with Crippen LogP contribution in [0.5, 0.6) is 0 Å². The van der Waals surface area contributed by atoms with E-state index in [4.69, 9.17) is 4.42 Å². The van der Waals surface area contributed by atoms with Gasteiger partial charge in [-0.3, -0.25) is 10.1 Å². The summed E-state index contributed by atoms with van der Waals surface area (Å²) in [6.07, 6.45) is 0.689. The fourth-order valence-corrected chi connectivity index (χ4v) is 3.21. The zero-order valence-electron chi connectivity index (χ0n) is 14.2. The van der Waals surface area contributed by atoms with E-state index >= 15 is 0 Å². The number of rotatable bonds is 9. The maximum Gasteiger partial charge on any atom is 0.322 e. The molecule has 0 radical (unpaired) electrons.